The van der Waals surface area contributed by atoms with Gasteiger partial charge in [-0.1, -0.05) is 24.3 Å². The molecule has 3 rings (SSSR count). The summed E-state index contributed by atoms with van der Waals surface area (Å²) in [5.41, 5.74) is 6.83. The number of amides is 2. The minimum absolute atomic E-state index is 0.277. The van der Waals surface area contributed by atoms with Crippen LogP contribution in [0.2, 0.25) is 0 Å². The highest BCUT2D eigenvalue weighted by Crippen LogP contribution is 2.33. The molecule has 0 aromatic heterocycles. The first-order valence-corrected chi connectivity index (χ1v) is 9.54. The second kappa shape index (κ2) is 8.81. The lowest BCUT2D eigenvalue weighted by molar-refractivity contribution is -0.131. The third-order valence-corrected chi connectivity index (χ3v) is 5.04. The van der Waals surface area contributed by atoms with Crippen molar-refractivity contribution in [2.75, 3.05) is 45.6 Å². The Morgan fingerprint density at radius 1 is 1.03 bits per heavy atom. The van der Waals surface area contributed by atoms with Crippen molar-refractivity contribution in [3.63, 3.8) is 0 Å². The predicted octanol–water partition coefficient (Wildman–Crippen LogP) is 2.30. The number of ketones is 1. The summed E-state index contributed by atoms with van der Waals surface area (Å²) in [4.78, 5) is 40.3. The lowest BCUT2D eigenvalue weighted by Gasteiger charge is -2.34. The van der Waals surface area contributed by atoms with Gasteiger partial charge in [-0.3, -0.25) is 9.59 Å². The number of nitrogens with zero attached hydrogens (tertiary/aromatic N) is 2. The van der Waals surface area contributed by atoms with Crippen LogP contribution in [0, 0.1) is 0 Å². The highest BCUT2D eigenvalue weighted by Gasteiger charge is 2.27. The van der Waals surface area contributed by atoms with E-state index in [0.29, 0.717) is 49.6 Å². The maximum absolute atomic E-state index is 12.8. The molecule has 1 aliphatic heterocycles. The standard InChI is InChI=1S/C21H25N3O5/c1-3-29-21(27)24-10-8-23(9-11-24)19(26)13-17(25)16-12-18(28-2)14-6-4-5-7-15(14)20(16)22/h4-7,12H,3,8-11,13,22H2,1-2H3. The van der Waals surface area contributed by atoms with Crippen molar-refractivity contribution in [1.29, 1.82) is 0 Å². The molecule has 1 saturated heterocycles. The van der Waals surface area contributed by atoms with Crippen LogP contribution in [0.4, 0.5) is 10.5 Å². The zero-order chi connectivity index (χ0) is 21.0. The molecule has 2 amide bonds. The number of Topliss-reactive ketones (excluding diaryl/α,β-unsaturated/α-hetero) is 1. The molecular formula is C21H25N3O5. The summed E-state index contributed by atoms with van der Waals surface area (Å²) >= 11 is 0. The zero-order valence-corrected chi connectivity index (χ0v) is 16.6. The van der Waals surface area contributed by atoms with E-state index in [2.05, 4.69) is 0 Å². The van der Waals surface area contributed by atoms with Crippen LogP contribution in [0.1, 0.15) is 23.7 Å². The SMILES string of the molecule is CCOC(=O)N1CCN(C(=O)CC(=O)c2cc(OC)c3ccccc3c2N)CC1. The van der Waals surface area contributed by atoms with Gasteiger partial charge in [-0.05, 0) is 13.0 Å². The highest BCUT2D eigenvalue weighted by molar-refractivity contribution is 6.15. The second-order valence-corrected chi connectivity index (χ2v) is 6.75. The van der Waals surface area contributed by atoms with Gasteiger partial charge in [0.1, 0.15) is 5.75 Å². The molecule has 1 aliphatic rings. The fourth-order valence-corrected chi connectivity index (χ4v) is 3.46. The Hall–Kier alpha value is -3.29. The van der Waals surface area contributed by atoms with Gasteiger partial charge in [0, 0.05) is 42.5 Å². The first kappa shape index (κ1) is 20.4. The number of fused-ring (bicyclic) bond motifs is 1. The maximum atomic E-state index is 12.8. The number of anilines is 1. The molecule has 0 radical (unpaired) electrons. The number of ether oxygens (including phenoxy) is 2. The summed E-state index contributed by atoms with van der Waals surface area (Å²) in [6.45, 7) is 3.54. The quantitative estimate of drug-likeness (QED) is 0.470. The Kier molecular flexibility index (Phi) is 6.21. The normalized spacial score (nSPS) is 14.0. The Morgan fingerprint density at radius 2 is 1.66 bits per heavy atom. The zero-order valence-electron chi connectivity index (χ0n) is 16.6. The van der Waals surface area contributed by atoms with E-state index in [-0.39, 0.29) is 29.8 Å². The van der Waals surface area contributed by atoms with Gasteiger partial charge < -0.3 is 25.0 Å². The van der Waals surface area contributed by atoms with Gasteiger partial charge in [-0.2, -0.15) is 0 Å². The monoisotopic (exact) mass is 399 g/mol. The van der Waals surface area contributed by atoms with Gasteiger partial charge in [0.05, 0.1) is 25.8 Å². The Bertz CT molecular complexity index is 935. The van der Waals surface area contributed by atoms with E-state index in [0.717, 1.165) is 5.39 Å². The molecule has 0 atom stereocenters. The van der Waals surface area contributed by atoms with Crippen molar-refractivity contribution in [1.82, 2.24) is 9.80 Å². The molecule has 2 aromatic rings. The molecule has 0 saturated carbocycles. The van der Waals surface area contributed by atoms with Crippen LogP contribution < -0.4 is 10.5 Å². The van der Waals surface area contributed by atoms with E-state index >= 15 is 0 Å². The first-order valence-electron chi connectivity index (χ1n) is 9.54. The smallest absolute Gasteiger partial charge is 0.409 e. The highest BCUT2D eigenvalue weighted by atomic mass is 16.6. The van der Waals surface area contributed by atoms with Crippen LogP contribution in [0.5, 0.6) is 5.75 Å². The molecule has 2 N–H and O–H groups in total. The van der Waals surface area contributed by atoms with Gasteiger partial charge in [-0.25, -0.2) is 4.79 Å². The molecule has 1 heterocycles. The van der Waals surface area contributed by atoms with Crippen LogP contribution in [0.15, 0.2) is 30.3 Å². The van der Waals surface area contributed by atoms with Crippen molar-refractivity contribution in [3.8, 4) is 5.75 Å². The largest absolute Gasteiger partial charge is 0.496 e. The van der Waals surface area contributed by atoms with Crippen LogP contribution in [0.3, 0.4) is 0 Å². The van der Waals surface area contributed by atoms with Gasteiger partial charge in [0.25, 0.3) is 0 Å². The fraction of sp³-hybridized carbons (Fsp3) is 0.381. The predicted molar refractivity (Wildman–Crippen MR) is 109 cm³/mol. The lowest BCUT2D eigenvalue weighted by Crippen LogP contribution is -2.51. The summed E-state index contributed by atoms with van der Waals surface area (Å²) in [5.74, 6) is -0.108. The van der Waals surface area contributed by atoms with Crippen LogP contribution in [-0.2, 0) is 9.53 Å². The molecule has 8 heteroatoms. The number of rotatable bonds is 5. The number of nitrogen functional groups attached to an aromatic ring is 1. The molecule has 0 bridgehead atoms. The number of carbonyl (C=O) groups excluding carboxylic acids is 3. The topological polar surface area (TPSA) is 102 Å². The summed E-state index contributed by atoms with van der Waals surface area (Å²) in [6.07, 6.45) is -0.669. The van der Waals surface area contributed by atoms with Gasteiger partial charge >= 0.3 is 6.09 Å². The number of carbonyl (C=O) groups is 3. The summed E-state index contributed by atoms with van der Waals surface area (Å²) < 4.78 is 10.4. The number of hydrogen-bond donors (Lipinski definition) is 1. The summed E-state index contributed by atoms with van der Waals surface area (Å²) in [6, 6.07) is 8.98. The average Bonchev–Trinajstić information content (AvgIpc) is 2.74. The molecule has 0 spiro atoms. The van der Waals surface area contributed by atoms with Crippen LogP contribution in [0.25, 0.3) is 10.8 Å². The summed E-state index contributed by atoms with van der Waals surface area (Å²) in [5, 5.41) is 1.52. The third-order valence-electron chi connectivity index (χ3n) is 5.04. The van der Waals surface area contributed by atoms with Crippen LogP contribution in [-0.4, -0.2) is 67.5 Å². The Balaban J connectivity index is 1.70. The molecule has 0 aliphatic carbocycles. The van der Waals surface area contributed by atoms with E-state index in [1.165, 1.54) is 7.11 Å². The first-order chi connectivity index (χ1) is 14.0. The minimum Gasteiger partial charge on any atom is -0.496 e. The number of nitrogens with two attached hydrogens (primary N) is 1. The van der Waals surface area contributed by atoms with E-state index in [9.17, 15) is 14.4 Å². The molecule has 154 valence electrons. The number of hydrogen-bond acceptors (Lipinski definition) is 6. The Labute approximate surface area is 169 Å². The lowest BCUT2D eigenvalue weighted by atomic mass is 9.98. The molecule has 29 heavy (non-hydrogen) atoms. The number of piperazine rings is 1. The van der Waals surface area contributed by atoms with E-state index in [1.807, 2.05) is 24.3 Å². The van der Waals surface area contributed by atoms with Crippen molar-refractivity contribution >= 4 is 34.2 Å². The molecular weight excluding hydrogens is 374 g/mol. The number of benzene rings is 2. The molecule has 2 aromatic carbocycles. The van der Waals surface area contributed by atoms with E-state index < -0.39 is 0 Å². The van der Waals surface area contributed by atoms with E-state index in [4.69, 9.17) is 15.2 Å². The Morgan fingerprint density at radius 3 is 2.28 bits per heavy atom. The molecule has 0 unspecified atom stereocenters. The molecule has 1 fully saturated rings. The fourth-order valence-electron chi connectivity index (χ4n) is 3.46. The van der Waals surface area contributed by atoms with Gasteiger partial charge in [-0.15, -0.1) is 0 Å². The van der Waals surface area contributed by atoms with Crippen LogP contribution >= 0.6 is 0 Å². The number of methoxy groups -OCH3 is 1. The van der Waals surface area contributed by atoms with Gasteiger partial charge in [0.2, 0.25) is 5.91 Å². The van der Waals surface area contributed by atoms with Crippen molar-refractivity contribution < 1.29 is 23.9 Å². The van der Waals surface area contributed by atoms with Crippen molar-refractivity contribution in [3.05, 3.63) is 35.9 Å². The maximum Gasteiger partial charge on any atom is 0.409 e. The molecule has 8 nitrogen and oxygen atoms in total. The van der Waals surface area contributed by atoms with E-state index in [1.54, 1.807) is 22.8 Å². The van der Waals surface area contributed by atoms with Crippen molar-refractivity contribution in [2.45, 2.75) is 13.3 Å². The average molecular weight is 399 g/mol. The minimum atomic E-state index is -0.383. The second-order valence-electron chi connectivity index (χ2n) is 6.75. The third kappa shape index (κ3) is 4.26. The van der Waals surface area contributed by atoms with Gasteiger partial charge in [0.15, 0.2) is 5.78 Å². The van der Waals surface area contributed by atoms with Crippen molar-refractivity contribution in [2.24, 2.45) is 0 Å². The summed E-state index contributed by atoms with van der Waals surface area (Å²) in [7, 11) is 1.53.